The minimum Gasteiger partial charge on any atom is -0.387 e. The third kappa shape index (κ3) is 5.21. The Kier molecular flexibility index (Phi) is 7.55. The van der Waals surface area contributed by atoms with Crippen molar-refractivity contribution < 1.29 is 18.6 Å². The van der Waals surface area contributed by atoms with Crippen LogP contribution in [0.5, 0.6) is 0 Å². The number of hydrogen-bond acceptors (Lipinski definition) is 4. The summed E-state index contributed by atoms with van der Waals surface area (Å²) in [4.78, 5) is 4.57. The van der Waals surface area contributed by atoms with Gasteiger partial charge in [-0.2, -0.15) is 0 Å². The average Bonchev–Trinajstić information content (AvgIpc) is 2.56. The van der Waals surface area contributed by atoms with Gasteiger partial charge in [0, 0.05) is 57.0 Å². The molecule has 0 saturated carbocycles. The lowest BCUT2D eigenvalue weighted by atomic mass is 10.1. The molecule has 0 radical (unpaired) electrons. The molecular weight excluding hydrogens is 314 g/mol. The Morgan fingerprint density at radius 3 is 2.75 bits per heavy atom. The standard InChI is InChI=1S/C18H28F2N2O2/c1-3-15-12-21(7-8-22(15)9-10-24-4-2)13-18(23)16-6-5-14(19)11-17(16)20/h5-6,11,15,18,23H,3-4,7-10,12-13H2,1-2H3/t15-,18+/m1/s1. The molecule has 1 aliphatic heterocycles. The van der Waals surface area contributed by atoms with Crippen molar-refractivity contribution >= 4 is 0 Å². The molecule has 2 atom stereocenters. The second kappa shape index (κ2) is 9.42. The quantitative estimate of drug-likeness (QED) is 0.736. The van der Waals surface area contributed by atoms with E-state index < -0.39 is 17.7 Å². The number of ether oxygens (including phenoxy) is 1. The Bertz CT molecular complexity index is 516. The SMILES string of the molecule is CCOCCN1CCN(C[C@H](O)c2ccc(F)cc2F)C[C@H]1CC. The predicted molar refractivity (Wildman–Crippen MR) is 89.9 cm³/mol. The van der Waals surface area contributed by atoms with Crippen molar-refractivity contribution in [2.45, 2.75) is 32.4 Å². The zero-order valence-electron chi connectivity index (χ0n) is 14.5. The summed E-state index contributed by atoms with van der Waals surface area (Å²) in [5, 5.41) is 10.3. The average molecular weight is 342 g/mol. The Labute approximate surface area is 143 Å². The van der Waals surface area contributed by atoms with Crippen LogP contribution in [0.15, 0.2) is 18.2 Å². The Morgan fingerprint density at radius 1 is 1.29 bits per heavy atom. The number of rotatable bonds is 8. The molecule has 1 heterocycles. The van der Waals surface area contributed by atoms with Crippen LogP contribution in [0.25, 0.3) is 0 Å². The zero-order chi connectivity index (χ0) is 17.5. The molecule has 1 aliphatic rings. The summed E-state index contributed by atoms with van der Waals surface area (Å²) < 4.78 is 32.2. The van der Waals surface area contributed by atoms with Gasteiger partial charge in [-0.05, 0) is 19.4 Å². The van der Waals surface area contributed by atoms with Gasteiger partial charge in [0.1, 0.15) is 11.6 Å². The van der Waals surface area contributed by atoms with Gasteiger partial charge in [0.25, 0.3) is 0 Å². The van der Waals surface area contributed by atoms with Gasteiger partial charge in [0.05, 0.1) is 12.7 Å². The number of aliphatic hydroxyl groups excluding tert-OH is 1. The van der Waals surface area contributed by atoms with E-state index in [0.717, 1.165) is 51.9 Å². The summed E-state index contributed by atoms with van der Waals surface area (Å²) in [5.41, 5.74) is 0.156. The van der Waals surface area contributed by atoms with E-state index in [1.807, 2.05) is 6.92 Å². The van der Waals surface area contributed by atoms with Gasteiger partial charge in [0.2, 0.25) is 0 Å². The second-order valence-electron chi connectivity index (χ2n) is 6.24. The maximum Gasteiger partial charge on any atom is 0.131 e. The minimum absolute atomic E-state index is 0.156. The Hall–Kier alpha value is -1.08. The molecule has 0 spiro atoms. The van der Waals surface area contributed by atoms with Crippen molar-refractivity contribution in [2.24, 2.45) is 0 Å². The van der Waals surface area contributed by atoms with Gasteiger partial charge in [0.15, 0.2) is 0 Å². The molecule has 0 bridgehead atoms. The van der Waals surface area contributed by atoms with Crippen molar-refractivity contribution in [3.8, 4) is 0 Å². The molecule has 1 saturated heterocycles. The molecule has 24 heavy (non-hydrogen) atoms. The summed E-state index contributed by atoms with van der Waals surface area (Å²) >= 11 is 0. The van der Waals surface area contributed by atoms with Crippen molar-refractivity contribution in [3.05, 3.63) is 35.4 Å². The molecule has 2 rings (SSSR count). The van der Waals surface area contributed by atoms with Gasteiger partial charge >= 0.3 is 0 Å². The molecule has 1 aromatic rings. The lowest BCUT2D eigenvalue weighted by Crippen LogP contribution is -2.54. The number of halogens is 2. The normalized spacial score (nSPS) is 21.1. The van der Waals surface area contributed by atoms with Crippen LogP contribution in [0, 0.1) is 11.6 Å². The Balaban J connectivity index is 1.89. The highest BCUT2D eigenvalue weighted by molar-refractivity contribution is 5.21. The molecule has 0 unspecified atom stereocenters. The highest BCUT2D eigenvalue weighted by Crippen LogP contribution is 2.21. The molecule has 6 heteroatoms. The van der Waals surface area contributed by atoms with Crippen LogP contribution in [-0.2, 0) is 4.74 Å². The van der Waals surface area contributed by atoms with E-state index in [1.54, 1.807) is 0 Å². The number of nitrogens with zero attached hydrogens (tertiary/aromatic N) is 2. The molecule has 0 amide bonds. The molecule has 136 valence electrons. The van der Waals surface area contributed by atoms with Crippen LogP contribution in [-0.4, -0.2) is 66.9 Å². The first-order valence-electron chi connectivity index (χ1n) is 8.72. The number of hydrogen-bond donors (Lipinski definition) is 1. The fourth-order valence-electron chi connectivity index (χ4n) is 3.25. The van der Waals surface area contributed by atoms with Gasteiger partial charge in [-0.25, -0.2) is 8.78 Å². The van der Waals surface area contributed by atoms with E-state index >= 15 is 0 Å². The lowest BCUT2D eigenvalue weighted by Gasteiger charge is -2.41. The van der Waals surface area contributed by atoms with E-state index in [4.69, 9.17) is 4.74 Å². The summed E-state index contributed by atoms with van der Waals surface area (Å²) in [7, 11) is 0. The third-order valence-electron chi connectivity index (χ3n) is 4.64. The summed E-state index contributed by atoms with van der Waals surface area (Å²) in [6, 6.07) is 3.73. The maximum atomic E-state index is 13.8. The fraction of sp³-hybridized carbons (Fsp3) is 0.667. The first-order chi connectivity index (χ1) is 11.5. The first kappa shape index (κ1) is 19.2. The monoisotopic (exact) mass is 342 g/mol. The van der Waals surface area contributed by atoms with Gasteiger partial charge in [-0.15, -0.1) is 0 Å². The summed E-state index contributed by atoms with van der Waals surface area (Å²) in [6.45, 7) is 9.44. The van der Waals surface area contributed by atoms with E-state index in [9.17, 15) is 13.9 Å². The second-order valence-corrected chi connectivity index (χ2v) is 6.24. The van der Waals surface area contributed by atoms with Crippen LogP contribution in [0.1, 0.15) is 31.9 Å². The topological polar surface area (TPSA) is 35.9 Å². The van der Waals surface area contributed by atoms with E-state index in [1.165, 1.54) is 12.1 Å². The number of β-amino-alcohol motifs (C(OH)–C–C–N with tert-alkyl or cyclic N) is 1. The lowest BCUT2D eigenvalue weighted by molar-refractivity contribution is 0.0207. The molecule has 0 aliphatic carbocycles. The molecule has 1 aromatic carbocycles. The van der Waals surface area contributed by atoms with E-state index in [-0.39, 0.29) is 5.56 Å². The van der Waals surface area contributed by atoms with Crippen molar-refractivity contribution in [1.29, 1.82) is 0 Å². The van der Waals surface area contributed by atoms with Crippen LogP contribution in [0.4, 0.5) is 8.78 Å². The summed E-state index contributed by atoms with van der Waals surface area (Å²) in [5.74, 6) is -1.32. The number of aliphatic hydroxyl groups is 1. The first-order valence-corrected chi connectivity index (χ1v) is 8.72. The van der Waals surface area contributed by atoms with E-state index in [0.29, 0.717) is 12.6 Å². The van der Waals surface area contributed by atoms with Crippen LogP contribution >= 0.6 is 0 Å². The van der Waals surface area contributed by atoms with Crippen LogP contribution in [0.2, 0.25) is 0 Å². The smallest absolute Gasteiger partial charge is 0.131 e. The third-order valence-corrected chi connectivity index (χ3v) is 4.64. The largest absolute Gasteiger partial charge is 0.387 e. The minimum atomic E-state index is -0.946. The van der Waals surface area contributed by atoms with Crippen LogP contribution < -0.4 is 0 Å². The van der Waals surface area contributed by atoms with Gasteiger partial charge in [-0.1, -0.05) is 13.0 Å². The molecular formula is C18H28F2N2O2. The highest BCUT2D eigenvalue weighted by Gasteiger charge is 2.27. The van der Waals surface area contributed by atoms with Crippen molar-refractivity contribution in [3.63, 3.8) is 0 Å². The van der Waals surface area contributed by atoms with Gasteiger partial charge in [-0.3, -0.25) is 9.80 Å². The fourth-order valence-corrected chi connectivity index (χ4v) is 3.25. The van der Waals surface area contributed by atoms with Gasteiger partial charge < -0.3 is 9.84 Å². The number of benzene rings is 1. The highest BCUT2D eigenvalue weighted by atomic mass is 19.1. The van der Waals surface area contributed by atoms with E-state index in [2.05, 4.69) is 16.7 Å². The summed E-state index contributed by atoms with van der Waals surface area (Å²) in [6.07, 6.45) is 0.0713. The number of piperazine rings is 1. The Morgan fingerprint density at radius 2 is 2.08 bits per heavy atom. The van der Waals surface area contributed by atoms with Crippen molar-refractivity contribution in [2.75, 3.05) is 45.9 Å². The van der Waals surface area contributed by atoms with Crippen LogP contribution in [0.3, 0.4) is 0 Å². The predicted octanol–water partition coefficient (Wildman–Crippen LogP) is 2.43. The molecule has 4 nitrogen and oxygen atoms in total. The zero-order valence-corrected chi connectivity index (χ0v) is 14.5. The molecule has 1 fully saturated rings. The van der Waals surface area contributed by atoms with Crippen molar-refractivity contribution in [1.82, 2.24) is 9.80 Å². The molecule has 0 aromatic heterocycles. The molecule has 1 N–H and O–H groups in total. The maximum absolute atomic E-state index is 13.8.